The molecule has 0 aliphatic carbocycles. The van der Waals surface area contributed by atoms with Crippen LogP contribution in [0.15, 0.2) is 42.5 Å². The maximum absolute atomic E-state index is 12.0. The first kappa shape index (κ1) is 16.4. The van der Waals surface area contributed by atoms with Crippen molar-refractivity contribution in [1.29, 1.82) is 0 Å². The molecule has 0 aliphatic rings. The number of halogens is 1. The van der Waals surface area contributed by atoms with Crippen LogP contribution in [-0.4, -0.2) is 26.7 Å². The number of nitrogens with one attached hydrogen (secondary N) is 1. The molecular weight excluding hydrogens is 397 g/mol. The van der Waals surface area contributed by atoms with E-state index in [0.29, 0.717) is 22.9 Å². The lowest BCUT2D eigenvalue weighted by Gasteiger charge is -2.12. The molecule has 0 aromatic heterocycles. The molecule has 0 fully saturated rings. The van der Waals surface area contributed by atoms with E-state index < -0.39 is 0 Å². The molecule has 1 N–H and O–H groups in total. The summed E-state index contributed by atoms with van der Waals surface area (Å²) in [7, 11) is 3.10. The fourth-order valence-corrected chi connectivity index (χ4v) is 2.14. The highest BCUT2D eigenvalue weighted by molar-refractivity contribution is 14.1. The van der Waals surface area contributed by atoms with Gasteiger partial charge in [-0.05, 0) is 59.0 Å². The lowest BCUT2D eigenvalue weighted by molar-refractivity contribution is -0.118. The summed E-state index contributed by atoms with van der Waals surface area (Å²) in [4.78, 5) is 12.0. The summed E-state index contributed by atoms with van der Waals surface area (Å²) in [6.45, 7) is -0.0824. The molecule has 0 heterocycles. The van der Waals surface area contributed by atoms with Crippen molar-refractivity contribution in [2.75, 3.05) is 26.1 Å². The Morgan fingerprint density at radius 1 is 1.05 bits per heavy atom. The average molecular weight is 413 g/mol. The van der Waals surface area contributed by atoms with Gasteiger partial charge in [0.05, 0.1) is 19.9 Å². The van der Waals surface area contributed by atoms with Gasteiger partial charge in [-0.25, -0.2) is 0 Å². The Morgan fingerprint density at radius 2 is 1.73 bits per heavy atom. The van der Waals surface area contributed by atoms with Crippen LogP contribution in [0, 0.1) is 3.57 Å². The highest BCUT2D eigenvalue weighted by Gasteiger charge is 2.09. The van der Waals surface area contributed by atoms with Gasteiger partial charge in [0.1, 0.15) is 17.2 Å². The number of hydrogen-bond donors (Lipinski definition) is 1. The molecular formula is C16H16INO4. The number of anilines is 1. The highest BCUT2D eigenvalue weighted by atomic mass is 127. The maximum Gasteiger partial charge on any atom is 0.262 e. The molecule has 5 nitrogen and oxygen atoms in total. The predicted octanol–water partition coefficient (Wildman–Crippen LogP) is 3.33. The second-order valence-electron chi connectivity index (χ2n) is 4.36. The van der Waals surface area contributed by atoms with Gasteiger partial charge in [0.25, 0.3) is 5.91 Å². The summed E-state index contributed by atoms with van der Waals surface area (Å²) in [6, 6.07) is 12.7. The zero-order valence-electron chi connectivity index (χ0n) is 12.3. The van der Waals surface area contributed by atoms with E-state index in [1.807, 2.05) is 24.3 Å². The molecule has 0 unspecified atom stereocenters. The van der Waals surface area contributed by atoms with Crippen LogP contribution in [0.25, 0.3) is 0 Å². The van der Waals surface area contributed by atoms with E-state index in [9.17, 15) is 4.79 Å². The largest absolute Gasteiger partial charge is 0.497 e. The molecule has 0 atom stereocenters. The molecule has 116 valence electrons. The van der Waals surface area contributed by atoms with Crippen LogP contribution in [0.5, 0.6) is 17.2 Å². The molecule has 0 saturated carbocycles. The van der Waals surface area contributed by atoms with Crippen LogP contribution in [0.2, 0.25) is 0 Å². The molecule has 2 rings (SSSR count). The summed E-state index contributed by atoms with van der Waals surface area (Å²) in [6.07, 6.45) is 0. The number of carbonyl (C=O) groups excluding carboxylic acids is 1. The summed E-state index contributed by atoms with van der Waals surface area (Å²) < 4.78 is 16.9. The number of ether oxygens (including phenoxy) is 3. The van der Waals surface area contributed by atoms with E-state index in [0.717, 1.165) is 3.57 Å². The molecule has 0 aliphatic heterocycles. The predicted molar refractivity (Wildman–Crippen MR) is 92.8 cm³/mol. The van der Waals surface area contributed by atoms with Crippen molar-refractivity contribution >= 4 is 34.2 Å². The summed E-state index contributed by atoms with van der Waals surface area (Å²) in [5, 5.41) is 2.75. The van der Waals surface area contributed by atoms with Gasteiger partial charge >= 0.3 is 0 Å². The molecule has 0 saturated heterocycles. The average Bonchev–Trinajstić information content (AvgIpc) is 2.54. The van der Waals surface area contributed by atoms with Gasteiger partial charge in [-0.15, -0.1) is 0 Å². The van der Waals surface area contributed by atoms with Crippen molar-refractivity contribution in [2.24, 2.45) is 0 Å². The Hall–Kier alpha value is -1.96. The van der Waals surface area contributed by atoms with Gasteiger partial charge in [-0.1, -0.05) is 0 Å². The Morgan fingerprint density at radius 3 is 2.36 bits per heavy atom. The number of benzene rings is 2. The molecule has 0 bridgehead atoms. The van der Waals surface area contributed by atoms with Gasteiger partial charge < -0.3 is 19.5 Å². The van der Waals surface area contributed by atoms with E-state index >= 15 is 0 Å². The lowest BCUT2D eigenvalue weighted by atomic mass is 10.2. The Kier molecular flexibility index (Phi) is 5.88. The second-order valence-corrected chi connectivity index (χ2v) is 5.60. The van der Waals surface area contributed by atoms with Gasteiger partial charge in [-0.2, -0.15) is 0 Å². The molecule has 22 heavy (non-hydrogen) atoms. The smallest absolute Gasteiger partial charge is 0.262 e. The van der Waals surface area contributed by atoms with E-state index in [2.05, 4.69) is 27.9 Å². The van der Waals surface area contributed by atoms with Crippen molar-refractivity contribution in [3.8, 4) is 17.2 Å². The number of methoxy groups -OCH3 is 2. The van der Waals surface area contributed by atoms with E-state index in [-0.39, 0.29) is 12.5 Å². The second kappa shape index (κ2) is 7.88. The van der Waals surface area contributed by atoms with Gasteiger partial charge in [0.2, 0.25) is 0 Å². The number of hydrogen-bond acceptors (Lipinski definition) is 4. The quantitative estimate of drug-likeness (QED) is 0.739. The van der Waals surface area contributed by atoms with E-state index in [1.165, 1.54) is 0 Å². The summed E-state index contributed by atoms with van der Waals surface area (Å²) >= 11 is 2.21. The van der Waals surface area contributed by atoms with Crippen molar-refractivity contribution in [3.05, 3.63) is 46.0 Å². The number of carbonyl (C=O) groups is 1. The summed E-state index contributed by atoms with van der Waals surface area (Å²) in [5.41, 5.74) is 0.540. The molecule has 0 spiro atoms. The first-order valence-electron chi connectivity index (χ1n) is 6.52. The Balaban J connectivity index is 1.98. The van der Waals surface area contributed by atoms with Gasteiger partial charge in [-0.3, -0.25) is 4.79 Å². The van der Waals surface area contributed by atoms with Crippen LogP contribution in [-0.2, 0) is 4.79 Å². The fourth-order valence-electron chi connectivity index (χ4n) is 1.78. The molecule has 2 aromatic rings. The first-order valence-corrected chi connectivity index (χ1v) is 7.60. The van der Waals surface area contributed by atoms with Gasteiger partial charge in [0.15, 0.2) is 6.61 Å². The number of amides is 1. The number of rotatable bonds is 6. The van der Waals surface area contributed by atoms with Crippen LogP contribution < -0.4 is 19.5 Å². The van der Waals surface area contributed by atoms with Crippen LogP contribution in [0.4, 0.5) is 5.69 Å². The third-order valence-corrected chi connectivity index (χ3v) is 3.58. The topological polar surface area (TPSA) is 56.8 Å². The third kappa shape index (κ3) is 4.52. The maximum atomic E-state index is 12.0. The Labute approximate surface area is 142 Å². The first-order chi connectivity index (χ1) is 10.6. The van der Waals surface area contributed by atoms with Crippen molar-refractivity contribution in [1.82, 2.24) is 0 Å². The monoisotopic (exact) mass is 413 g/mol. The SMILES string of the molecule is COc1ccc(OC)c(NC(=O)COc2ccc(I)cc2)c1. The fraction of sp³-hybridized carbons (Fsp3) is 0.188. The zero-order valence-corrected chi connectivity index (χ0v) is 14.4. The minimum Gasteiger partial charge on any atom is -0.497 e. The minimum absolute atomic E-state index is 0.0824. The Bertz CT molecular complexity index is 643. The van der Waals surface area contributed by atoms with Crippen LogP contribution in [0.1, 0.15) is 0 Å². The minimum atomic E-state index is -0.273. The highest BCUT2D eigenvalue weighted by Crippen LogP contribution is 2.28. The molecule has 2 aromatic carbocycles. The van der Waals surface area contributed by atoms with Crippen LogP contribution >= 0.6 is 22.6 Å². The third-order valence-electron chi connectivity index (χ3n) is 2.86. The molecule has 6 heteroatoms. The normalized spacial score (nSPS) is 9.95. The van der Waals surface area contributed by atoms with E-state index in [1.54, 1.807) is 32.4 Å². The van der Waals surface area contributed by atoms with Crippen molar-refractivity contribution < 1.29 is 19.0 Å². The lowest BCUT2D eigenvalue weighted by Crippen LogP contribution is -2.20. The van der Waals surface area contributed by atoms with Gasteiger partial charge in [0, 0.05) is 9.64 Å². The molecule has 1 amide bonds. The summed E-state index contributed by atoms with van der Waals surface area (Å²) in [5.74, 6) is 1.57. The molecule has 0 radical (unpaired) electrons. The van der Waals surface area contributed by atoms with E-state index in [4.69, 9.17) is 14.2 Å². The zero-order chi connectivity index (χ0) is 15.9. The van der Waals surface area contributed by atoms with Crippen molar-refractivity contribution in [3.63, 3.8) is 0 Å². The van der Waals surface area contributed by atoms with Crippen molar-refractivity contribution in [2.45, 2.75) is 0 Å². The standard InChI is InChI=1S/C16H16INO4/c1-20-13-7-8-15(21-2)14(9-13)18-16(19)10-22-12-5-3-11(17)4-6-12/h3-9H,10H2,1-2H3,(H,18,19). The van der Waals surface area contributed by atoms with Crippen LogP contribution in [0.3, 0.4) is 0 Å².